The van der Waals surface area contributed by atoms with Gasteiger partial charge in [0.2, 0.25) is 0 Å². The molecule has 80 valence electrons. The van der Waals surface area contributed by atoms with Gasteiger partial charge in [-0.15, -0.1) is 0 Å². The van der Waals surface area contributed by atoms with Gasteiger partial charge in [0.05, 0.1) is 10.6 Å². The molecule has 1 rings (SSSR count). The molecule has 1 aromatic rings. The van der Waals surface area contributed by atoms with E-state index in [2.05, 4.69) is 9.72 Å². The second kappa shape index (κ2) is 4.50. The number of aromatic nitrogens is 1. The zero-order valence-corrected chi connectivity index (χ0v) is 8.39. The maximum atomic E-state index is 10.6. The molecule has 0 aliphatic carbocycles. The van der Waals surface area contributed by atoms with Gasteiger partial charge in [0.15, 0.2) is 0 Å². The maximum Gasteiger partial charge on any atom is 0.303 e. The van der Waals surface area contributed by atoms with E-state index < -0.39 is 10.9 Å². The number of pyridine rings is 1. The first-order chi connectivity index (χ1) is 7.00. The number of esters is 1. The van der Waals surface area contributed by atoms with Crippen molar-refractivity contribution >= 4 is 11.7 Å². The smallest absolute Gasteiger partial charge is 0.303 e. The minimum Gasteiger partial charge on any atom is -0.459 e. The van der Waals surface area contributed by atoms with Gasteiger partial charge in [-0.25, -0.2) is 0 Å². The SMILES string of the molecule is CC(=O)OCc1cc([N+](=O)[O-])c(C)cn1. The van der Waals surface area contributed by atoms with Gasteiger partial charge in [0, 0.05) is 24.8 Å². The van der Waals surface area contributed by atoms with Crippen molar-refractivity contribution < 1.29 is 14.5 Å². The molecule has 0 radical (unpaired) electrons. The van der Waals surface area contributed by atoms with Crippen molar-refractivity contribution in [3.8, 4) is 0 Å². The molecule has 0 aliphatic rings. The van der Waals surface area contributed by atoms with Crippen LogP contribution in [-0.4, -0.2) is 15.9 Å². The molecule has 0 spiro atoms. The average Bonchev–Trinajstić information content (AvgIpc) is 2.16. The Bertz CT molecular complexity index is 403. The lowest BCUT2D eigenvalue weighted by Gasteiger charge is -2.02. The topological polar surface area (TPSA) is 82.3 Å². The summed E-state index contributed by atoms with van der Waals surface area (Å²) in [7, 11) is 0. The van der Waals surface area contributed by atoms with Crippen molar-refractivity contribution in [2.45, 2.75) is 20.5 Å². The Balaban J connectivity index is 2.87. The number of ether oxygens (including phenoxy) is 1. The van der Waals surface area contributed by atoms with Crippen LogP contribution >= 0.6 is 0 Å². The van der Waals surface area contributed by atoms with Gasteiger partial charge in [-0.1, -0.05) is 0 Å². The maximum absolute atomic E-state index is 10.6. The molecule has 0 fully saturated rings. The summed E-state index contributed by atoms with van der Waals surface area (Å²) in [5, 5.41) is 10.6. The van der Waals surface area contributed by atoms with Crippen LogP contribution in [0.5, 0.6) is 0 Å². The number of carbonyl (C=O) groups excluding carboxylic acids is 1. The fraction of sp³-hybridized carbons (Fsp3) is 0.333. The van der Waals surface area contributed by atoms with Crippen LogP contribution in [0.25, 0.3) is 0 Å². The lowest BCUT2D eigenvalue weighted by molar-refractivity contribution is -0.385. The molecule has 0 saturated heterocycles. The summed E-state index contributed by atoms with van der Waals surface area (Å²) in [4.78, 5) is 24.5. The fourth-order valence-electron chi connectivity index (χ4n) is 1.01. The summed E-state index contributed by atoms with van der Waals surface area (Å²) in [6, 6.07) is 1.30. The Morgan fingerprint density at radius 3 is 2.87 bits per heavy atom. The largest absolute Gasteiger partial charge is 0.459 e. The van der Waals surface area contributed by atoms with E-state index in [-0.39, 0.29) is 12.3 Å². The summed E-state index contributed by atoms with van der Waals surface area (Å²) in [6.45, 7) is 2.82. The van der Waals surface area contributed by atoms with Crippen molar-refractivity contribution in [3.63, 3.8) is 0 Å². The van der Waals surface area contributed by atoms with Gasteiger partial charge >= 0.3 is 5.97 Å². The molecule has 15 heavy (non-hydrogen) atoms. The van der Waals surface area contributed by atoms with Crippen molar-refractivity contribution in [1.29, 1.82) is 0 Å². The van der Waals surface area contributed by atoms with E-state index in [9.17, 15) is 14.9 Å². The van der Waals surface area contributed by atoms with Crippen LogP contribution in [0.1, 0.15) is 18.2 Å². The van der Waals surface area contributed by atoms with Crippen molar-refractivity contribution in [3.05, 3.63) is 33.6 Å². The molecule has 0 bridgehead atoms. The molecule has 1 heterocycles. The van der Waals surface area contributed by atoms with Crippen LogP contribution in [0, 0.1) is 17.0 Å². The van der Waals surface area contributed by atoms with E-state index in [1.807, 2.05) is 0 Å². The number of carbonyl (C=O) groups is 1. The van der Waals surface area contributed by atoms with Crippen LogP contribution in [0.4, 0.5) is 5.69 Å². The van der Waals surface area contributed by atoms with Crippen LogP contribution < -0.4 is 0 Å². The first-order valence-corrected chi connectivity index (χ1v) is 4.24. The Morgan fingerprint density at radius 1 is 1.67 bits per heavy atom. The molecule has 0 aromatic carbocycles. The van der Waals surface area contributed by atoms with Gasteiger partial charge in [0.1, 0.15) is 6.61 Å². The number of rotatable bonds is 3. The predicted octanol–water partition coefficient (Wildman–Crippen LogP) is 1.36. The Kier molecular flexibility index (Phi) is 3.33. The van der Waals surface area contributed by atoms with E-state index >= 15 is 0 Å². The highest BCUT2D eigenvalue weighted by molar-refractivity contribution is 5.65. The third-order valence-electron chi connectivity index (χ3n) is 1.75. The molecule has 1 aromatic heterocycles. The zero-order chi connectivity index (χ0) is 11.4. The standard InChI is InChI=1S/C9H10N2O4/c1-6-4-10-8(5-15-7(2)12)3-9(6)11(13)14/h3-4H,5H2,1-2H3. The third-order valence-corrected chi connectivity index (χ3v) is 1.75. The minimum absolute atomic E-state index is 0.0212. The number of hydrogen-bond donors (Lipinski definition) is 0. The first kappa shape index (κ1) is 11.1. The molecule has 0 aliphatic heterocycles. The van der Waals surface area contributed by atoms with Crippen molar-refractivity contribution in [2.75, 3.05) is 0 Å². The van der Waals surface area contributed by atoms with Gasteiger partial charge in [0.25, 0.3) is 5.69 Å². The zero-order valence-electron chi connectivity index (χ0n) is 8.39. The number of nitro groups is 1. The van der Waals surface area contributed by atoms with Gasteiger partial charge < -0.3 is 4.74 Å². The molecule has 0 atom stereocenters. The fourth-order valence-corrected chi connectivity index (χ4v) is 1.01. The Morgan fingerprint density at radius 2 is 2.33 bits per heavy atom. The number of nitrogens with zero attached hydrogens (tertiary/aromatic N) is 2. The molecule has 6 nitrogen and oxygen atoms in total. The molecule has 0 amide bonds. The van der Waals surface area contributed by atoms with E-state index in [0.29, 0.717) is 11.3 Å². The lowest BCUT2D eigenvalue weighted by Crippen LogP contribution is -2.02. The summed E-state index contributed by atoms with van der Waals surface area (Å²) in [5.74, 6) is -0.444. The van der Waals surface area contributed by atoms with Gasteiger partial charge in [-0.3, -0.25) is 19.9 Å². The Labute approximate surface area is 86.0 Å². The van der Waals surface area contributed by atoms with E-state index in [1.54, 1.807) is 6.92 Å². The highest BCUT2D eigenvalue weighted by Crippen LogP contribution is 2.17. The lowest BCUT2D eigenvalue weighted by atomic mass is 10.2. The quantitative estimate of drug-likeness (QED) is 0.427. The van der Waals surface area contributed by atoms with E-state index in [4.69, 9.17) is 0 Å². The van der Waals surface area contributed by atoms with Crippen molar-refractivity contribution in [2.24, 2.45) is 0 Å². The summed E-state index contributed by atoms with van der Waals surface area (Å²) in [6.07, 6.45) is 1.39. The summed E-state index contributed by atoms with van der Waals surface area (Å²) < 4.78 is 4.68. The molecular weight excluding hydrogens is 200 g/mol. The van der Waals surface area contributed by atoms with E-state index in [0.717, 1.165) is 0 Å². The first-order valence-electron chi connectivity index (χ1n) is 4.24. The average molecular weight is 210 g/mol. The number of aryl methyl sites for hydroxylation is 1. The minimum atomic E-state index is -0.492. The van der Waals surface area contributed by atoms with Crippen LogP contribution in [-0.2, 0) is 16.1 Å². The molecule has 6 heteroatoms. The molecule has 0 unspecified atom stereocenters. The monoisotopic (exact) mass is 210 g/mol. The number of hydrogen-bond acceptors (Lipinski definition) is 5. The second-order valence-electron chi connectivity index (χ2n) is 3.00. The van der Waals surface area contributed by atoms with Crippen LogP contribution in [0.3, 0.4) is 0 Å². The molecule has 0 saturated carbocycles. The molecular formula is C9H10N2O4. The normalized spacial score (nSPS) is 9.73. The van der Waals surface area contributed by atoms with Crippen molar-refractivity contribution in [1.82, 2.24) is 4.98 Å². The summed E-state index contributed by atoms with van der Waals surface area (Å²) in [5.41, 5.74) is 0.821. The predicted molar refractivity (Wildman–Crippen MR) is 51.1 cm³/mol. The van der Waals surface area contributed by atoms with Gasteiger partial charge in [-0.05, 0) is 6.92 Å². The summed E-state index contributed by atoms with van der Waals surface area (Å²) >= 11 is 0. The highest BCUT2D eigenvalue weighted by atomic mass is 16.6. The Hall–Kier alpha value is -1.98. The van der Waals surface area contributed by atoms with Crippen LogP contribution in [0.15, 0.2) is 12.3 Å². The van der Waals surface area contributed by atoms with Gasteiger partial charge in [-0.2, -0.15) is 0 Å². The highest BCUT2D eigenvalue weighted by Gasteiger charge is 2.12. The van der Waals surface area contributed by atoms with E-state index in [1.165, 1.54) is 19.2 Å². The second-order valence-corrected chi connectivity index (χ2v) is 3.00. The third kappa shape index (κ3) is 3.01. The van der Waals surface area contributed by atoms with Crippen LogP contribution in [0.2, 0.25) is 0 Å². The molecule has 0 N–H and O–H groups in total.